The predicted molar refractivity (Wildman–Crippen MR) is 70.4 cm³/mol. The maximum atomic E-state index is 11.8. The lowest BCUT2D eigenvalue weighted by atomic mass is 10.2. The molecule has 17 heavy (non-hydrogen) atoms. The predicted octanol–water partition coefficient (Wildman–Crippen LogP) is -0.0176. The summed E-state index contributed by atoms with van der Waals surface area (Å²) in [6.07, 6.45) is 1.03. The Kier molecular flexibility index (Phi) is 8.51. The number of halogens is 1. The van der Waals surface area contributed by atoms with E-state index < -0.39 is 0 Å². The zero-order valence-electron chi connectivity index (χ0n) is 10.6. The van der Waals surface area contributed by atoms with Crippen molar-refractivity contribution in [2.24, 2.45) is 5.73 Å². The van der Waals surface area contributed by atoms with E-state index in [1.165, 1.54) is 0 Å². The van der Waals surface area contributed by atoms with E-state index in [4.69, 9.17) is 10.5 Å². The fourth-order valence-corrected chi connectivity index (χ4v) is 1.80. The smallest absolute Gasteiger partial charge is 0.237 e. The molecule has 0 radical (unpaired) electrons. The van der Waals surface area contributed by atoms with Crippen LogP contribution in [0.5, 0.6) is 0 Å². The van der Waals surface area contributed by atoms with Crippen LogP contribution >= 0.6 is 12.4 Å². The first-order chi connectivity index (χ1) is 7.69. The van der Waals surface area contributed by atoms with Gasteiger partial charge in [-0.05, 0) is 13.3 Å². The summed E-state index contributed by atoms with van der Waals surface area (Å²) in [5.74, 6) is 0.0968. The van der Waals surface area contributed by atoms with Gasteiger partial charge in [-0.1, -0.05) is 6.92 Å². The van der Waals surface area contributed by atoms with Gasteiger partial charge in [-0.25, -0.2) is 0 Å². The van der Waals surface area contributed by atoms with E-state index in [1.54, 1.807) is 0 Å². The molecule has 2 unspecified atom stereocenters. The van der Waals surface area contributed by atoms with E-state index in [1.807, 2.05) is 13.8 Å². The third-order valence-electron chi connectivity index (χ3n) is 2.91. The zero-order chi connectivity index (χ0) is 12.0. The minimum absolute atomic E-state index is 0. The molecule has 5 nitrogen and oxygen atoms in total. The normalized spacial score (nSPS) is 22.6. The van der Waals surface area contributed by atoms with Crippen LogP contribution in [-0.2, 0) is 9.53 Å². The number of nitrogens with zero attached hydrogens (tertiary/aromatic N) is 1. The van der Waals surface area contributed by atoms with Crippen molar-refractivity contribution in [2.45, 2.75) is 32.4 Å². The third kappa shape index (κ3) is 5.21. The lowest BCUT2D eigenvalue weighted by Gasteiger charge is -2.35. The van der Waals surface area contributed by atoms with Gasteiger partial charge in [-0.3, -0.25) is 9.69 Å². The minimum atomic E-state index is -0.0931. The van der Waals surface area contributed by atoms with Gasteiger partial charge in [-0.2, -0.15) is 0 Å². The molecular weight excluding hydrogens is 242 g/mol. The SMILES string of the molecule is CCCNC(=O)C(C)N1CCOC(CN)C1.Cl. The number of carbonyl (C=O) groups is 1. The van der Waals surface area contributed by atoms with Gasteiger partial charge >= 0.3 is 0 Å². The summed E-state index contributed by atoms with van der Waals surface area (Å²) >= 11 is 0. The van der Waals surface area contributed by atoms with Crippen LogP contribution in [0.25, 0.3) is 0 Å². The highest BCUT2D eigenvalue weighted by Gasteiger charge is 2.26. The fraction of sp³-hybridized carbons (Fsp3) is 0.909. The minimum Gasteiger partial charge on any atom is -0.374 e. The van der Waals surface area contributed by atoms with Gasteiger partial charge in [0.05, 0.1) is 18.8 Å². The van der Waals surface area contributed by atoms with Crippen LogP contribution in [0.1, 0.15) is 20.3 Å². The summed E-state index contributed by atoms with van der Waals surface area (Å²) in [6, 6.07) is -0.0931. The molecule has 0 aromatic heterocycles. The van der Waals surface area contributed by atoms with Gasteiger partial charge in [0.25, 0.3) is 0 Å². The summed E-state index contributed by atoms with van der Waals surface area (Å²) in [5.41, 5.74) is 5.57. The molecular formula is C11H24ClN3O2. The Morgan fingerprint density at radius 2 is 2.35 bits per heavy atom. The van der Waals surface area contributed by atoms with E-state index in [-0.39, 0.29) is 30.5 Å². The summed E-state index contributed by atoms with van der Waals surface area (Å²) in [5, 5.41) is 2.91. The molecule has 0 saturated carbocycles. The van der Waals surface area contributed by atoms with Crippen LogP contribution in [-0.4, -0.2) is 55.7 Å². The molecule has 1 amide bonds. The standard InChI is InChI=1S/C11H23N3O2.ClH/c1-3-4-13-11(15)9(2)14-5-6-16-10(7-12)8-14;/h9-10H,3-8,12H2,1-2H3,(H,13,15);1H. The Hall–Kier alpha value is -0.360. The Labute approximate surface area is 109 Å². The fourth-order valence-electron chi connectivity index (χ4n) is 1.80. The molecule has 102 valence electrons. The maximum Gasteiger partial charge on any atom is 0.237 e. The molecule has 0 aromatic rings. The molecule has 1 heterocycles. The van der Waals surface area contributed by atoms with Crippen molar-refractivity contribution in [2.75, 3.05) is 32.8 Å². The number of nitrogens with two attached hydrogens (primary N) is 1. The number of rotatable bonds is 5. The molecule has 6 heteroatoms. The van der Waals surface area contributed by atoms with Crippen LogP contribution in [0.2, 0.25) is 0 Å². The van der Waals surface area contributed by atoms with E-state index >= 15 is 0 Å². The second-order valence-electron chi connectivity index (χ2n) is 4.19. The van der Waals surface area contributed by atoms with E-state index in [2.05, 4.69) is 10.2 Å². The molecule has 0 aliphatic carbocycles. The van der Waals surface area contributed by atoms with Gasteiger partial charge in [0.1, 0.15) is 0 Å². The highest BCUT2D eigenvalue weighted by molar-refractivity contribution is 5.85. The molecule has 1 fully saturated rings. The van der Waals surface area contributed by atoms with Crippen molar-refractivity contribution >= 4 is 18.3 Å². The molecule has 2 atom stereocenters. The first-order valence-corrected chi connectivity index (χ1v) is 6.02. The van der Waals surface area contributed by atoms with Crippen LogP contribution < -0.4 is 11.1 Å². The van der Waals surface area contributed by atoms with Crippen LogP contribution in [0.15, 0.2) is 0 Å². The number of nitrogens with one attached hydrogen (secondary N) is 1. The highest BCUT2D eigenvalue weighted by atomic mass is 35.5. The van der Waals surface area contributed by atoms with Gasteiger partial charge in [0.2, 0.25) is 5.91 Å². The lowest BCUT2D eigenvalue weighted by molar-refractivity contribution is -0.128. The average Bonchev–Trinajstić information content (AvgIpc) is 2.35. The van der Waals surface area contributed by atoms with Crippen molar-refractivity contribution < 1.29 is 9.53 Å². The number of amides is 1. The topological polar surface area (TPSA) is 67.6 Å². The van der Waals surface area contributed by atoms with Gasteiger partial charge < -0.3 is 15.8 Å². The molecule has 3 N–H and O–H groups in total. The molecule has 1 aliphatic heterocycles. The monoisotopic (exact) mass is 265 g/mol. The summed E-state index contributed by atoms with van der Waals surface area (Å²) < 4.78 is 5.47. The number of morpholine rings is 1. The Morgan fingerprint density at radius 3 is 2.94 bits per heavy atom. The number of carbonyl (C=O) groups excluding carboxylic acids is 1. The van der Waals surface area contributed by atoms with Gasteiger partial charge in [0, 0.05) is 26.2 Å². The zero-order valence-corrected chi connectivity index (χ0v) is 11.5. The lowest BCUT2D eigenvalue weighted by Crippen LogP contribution is -2.53. The summed E-state index contributed by atoms with van der Waals surface area (Å²) in [4.78, 5) is 13.9. The Bertz CT molecular complexity index is 229. The maximum absolute atomic E-state index is 11.8. The van der Waals surface area contributed by atoms with Gasteiger partial charge in [0.15, 0.2) is 0 Å². The second-order valence-corrected chi connectivity index (χ2v) is 4.19. The molecule has 1 aliphatic rings. The molecule has 0 bridgehead atoms. The van der Waals surface area contributed by atoms with Crippen molar-refractivity contribution in [3.63, 3.8) is 0 Å². The van der Waals surface area contributed by atoms with Gasteiger partial charge in [-0.15, -0.1) is 12.4 Å². The van der Waals surface area contributed by atoms with Crippen molar-refractivity contribution in [1.29, 1.82) is 0 Å². The van der Waals surface area contributed by atoms with E-state index in [0.717, 1.165) is 26.1 Å². The largest absolute Gasteiger partial charge is 0.374 e. The number of ether oxygens (including phenoxy) is 1. The van der Waals surface area contributed by atoms with E-state index in [9.17, 15) is 4.79 Å². The van der Waals surface area contributed by atoms with E-state index in [0.29, 0.717) is 13.2 Å². The molecule has 0 aromatic carbocycles. The van der Waals surface area contributed by atoms with Crippen LogP contribution in [0.3, 0.4) is 0 Å². The number of hydrogen-bond acceptors (Lipinski definition) is 4. The summed E-state index contributed by atoms with van der Waals surface area (Å²) in [7, 11) is 0. The Balaban J connectivity index is 0.00000256. The number of hydrogen-bond donors (Lipinski definition) is 2. The first kappa shape index (κ1) is 16.6. The van der Waals surface area contributed by atoms with Crippen molar-refractivity contribution in [3.8, 4) is 0 Å². The molecule has 1 saturated heterocycles. The first-order valence-electron chi connectivity index (χ1n) is 6.02. The quantitative estimate of drug-likeness (QED) is 0.733. The highest BCUT2D eigenvalue weighted by Crippen LogP contribution is 2.08. The van der Waals surface area contributed by atoms with Crippen molar-refractivity contribution in [3.05, 3.63) is 0 Å². The van der Waals surface area contributed by atoms with Crippen LogP contribution in [0.4, 0.5) is 0 Å². The average molecular weight is 266 g/mol. The Morgan fingerprint density at radius 1 is 1.65 bits per heavy atom. The van der Waals surface area contributed by atoms with Crippen LogP contribution in [0, 0.1) is 0 Å². The second kappa shape index (κ2) is 8.69. The third-order valence-corrected chi connectivity index (χ3v) is 2.91. The molecule has 1 rings (SSSR count). The molecule has 0 spiro atoms. The summed E-state index contributed by atoms with van der Waals surface area (Å²) in [6.45, 7) is 7.45. The van der Waals surface area contributed by atoms with Crippen molar-refractivity contribution in [1.82, 2.24) is 10.2 Å².